The second-order valence-corrected chi connectivity index (χ2v) is 7.34. The Morgan fingerprint density at radius 3 is 2.50 bits per heavy atom. The molecule has 0 bridgehead atoms. The smallest absolute Gasteiger partial charge is 0.270 e. The highest BCUT2D eigenvalue weighted by Crippen LogP contribution is 2.34. The number of ether oxygens (including phenoxy) is 2. The van der Waals surface area contributed by atoms with Crippen LogP contribution < -0.4 is 19.7 Å². The first-order valence-corrected chi connectivity index (χ1v) is 9.52. The number of nitrogens with one attached hydrogen (secondary N) is 1. The molecule has 28 heavy (non-hydrogen) atoms. The van der Waals surface area contributed by atoms with Gasteiger partial charge in [0.2, 0.25) is 0 Å². The molecule has 1 N–H and O–H groups in total. The summed E-state index contributed by atoms with van der Waals surface area (Å²) >= 11 is 14.6. The third kappa shape index (κ3) is 3.89. The van der Waals surface area contributed by atoms with Gasteiger partial charge in [0.05, 0.1) is 24.4 Å². The zero-order valence-corrected chi connectivity index (χ0v) is 17.9. The van der Waals surface area contributed by atoms with E-state index in [1.165, 1.54) is 25.2 Å². The summed E-state index contributed by atoms with van der Waals surface area (Å²) in [5.74, 6) is -0.164. The lowest BCUT2D eigenvalue weighted by Crippen LogP contribution is -2.54. The zero-order chi connectivity index (χ0) is 20.4. The lowest BCUT2D eigenvalue weighted by Gasteiger charge is -2.29. The Bertz CT molecular complexity index is 1020. The summed E-state index contributed by atoms with van der Waals surface area (Å²) in [6, 6.07) is 9.98. The number of carbonyl (C=O) groups is 2. The minimum atomic E-state index is -0.595. The van der Waals surface area contributed by atoms with Crippen LogP contribution in [0.3, 0.4) is 0 Å². The number of thiocarbonyl (C=S) groups is 1. The fraction of sp³-hybridized carbons (Fsp3) is 0.105. The summed E-state index contributed by atoms with van der Waals surface area (Å²) in [5.41, 5.74) is 0.882. The Labute approximate surface area is 180 Å². The second-order valence-electron chi connectivity index (χ2n) is 5.67. The van der Waals surface area contributed by atoms with Crippen molar-refractivity contribution in [3.63, 3.8) is 0 Å². The van der Waals surface area contributed by atoms with Crippen LogP contribution in [0.25, 0.3) is 6.08 Å². The van der Waals surface area contributed by atoms with E-state index in [1.54, 1.807) is 36.4 Å². The number of hydrogen-bond donors (Lipinski definition) is 1. The van der Waals surface area contributed by atoms with E-state index in [4.69, 9.17) is 33.3 Å². The SMILES string of the molecule is COc1cc(OC)c(C=C2C(=O)NC(=S)N(c3cccc(Cl)c3)C2=O)cc1Br. The van der Waals surface area contributed by atoms with Gasteiger partial charge in [0.15, 0.2) is 5.11 Å². The summed E-state index contributed by atoms with van der Waals surface area (Å²) in [7, 11) is 3.01. The monoisotopic (exact) mass is 480 g/mol. The highest BCUT2D eigenvalue weighted by atomic mass is 79.9. The fourth-order valence-electron chi connectivity index (χ4n) is 2.66. The van der Waals surface area contributed by atoms with Gasteiger partial charge in [-0.2, -0.15) is 0 Å². The molecule has 0 spiro atoms. The van der Waals surface area contributed by atoms with E-state index in [0.717, 1.165) is 0 Å². The van der Waals surface area contributed by atoms with Gasteiger partial charge in [0.25, 0.3) is 11.8 Å². The number of rotatable bonds is 4. The van der Waals surface area contributed by atoms with Gasteiger partial charge >= 0.3 is 0 Å². The molecule has 2 aromatic carbocycles. The number of methoxy groups -OCH3 is 2. The van der Waals surface area contributed by atoms with Crippen molar-refractivity contribution in [2.24, 2.45) is 0 Å². The van der Waals surface area contributed by atoms with E-state index in [1.807, 2.05) is 0 Å². The van der Waals surface area contributed by atoms with Crippen molar-refractivity contribution < 1.29 is 19.1 Å². The van der Waals surface area contributed by atoms with E-state index >= 15 is 0 Å². The average Bonchev–Trinajstić information content (AvgIpc) is 2.65. The van der Waals surface area contributed by atoms with Crippen LogP contribution in [0.15, 0.2) is 46.4 Å². The summed E-state index contributed by atoms with van der Waals surface area (Å²) in [6.07, 6.45) is 1.44. The van der Waals surface area contributed by atoms with Crippen molar-refractivity contribution in [1.29, 1.82) is 0 Å². The van der Waals surface area contributed by atoms with Gasteiger partial charge in [-0.25, -0.2) is 0 Å². The highest BCUT2D eigenvalue weighted by molar-refractivity contribution is 9.10. The molecular weight excluding hydrogens is 468 g/mol. The van der Waals surface area contributed by atoms with Crippen LogP contribution in [0.5, 0.6) is 11.5 Å². The molecular formula is C19H14BrClN2O4S. The first-order valence-electron chi connectivity index (χ1n) is 7.94. The van der Waals surface area contributed by atoms with Crippen LogP contribution >= 0.6 is 39.7 Å². The minimum absolute atomic E-state index is 0.0164. The number of nitrogens with zero attached hydrogens (tertiary/aromatic N) is 1. The third-order valence-corrected chi connectivity index (χ3v) is 5.11. The Hall–Kier alpha value is -2.42. The van der Waals surface area contributed by atoms with Gasteiger partial charge in [-0.05, 0) is 58.5 Å². The molecule has 1 fully saturated rings. The molecule has 2 aromatic rings. The molecule has 0 radical (unpaired) electrons. The van der Waals surface area contributed by atoms with Crippen molar-refractivity contribution >= 4 is 68.4 Å². The van der Waals surface area contributed by atoms with Crippen LogP contribution in [0.2, 0.25) is 5.02 Å². The molecule has 0 saturated carbocycles. The Balaban J connectivity index is 2.08. The molecule has 6 nitrogen and oxygen atoms in total. The molecule has 3 rings (SSSR count). The van der Waals surface area contributed by atoms with Crippen LogP contribution in [0.4, 0.5) is 5.69 Å². The molecule has 1 aliphatic rings. The fourth-order valence-corrected chi connectivity index (χ4v) is 3.65. The molecule has 144 valence electrons. The molecule has 0 aliphatic carbocycles. The standard InChI is InChI=1S/C19H14BrClN2O4S/c1-26-15-9-16(27-2)14(20)7-10(15)6-13-17(24)22-19(28)23(18(13)25)12-5-3-4-11(21)8-12/h3-9H,1-2H3,(H,22,24,28). The van der Waals surface area contributed by atoms with E-state index in [0.29, 0.717) is 32.2 Å². The highest BCUT2D eigenvalue weighted by Gasteiger charge is 2.34. The number of hydrogen-bond acceptors (Lipinski definition) is 5. The normalized spacial score (nSPS) is 15.6. The predicted molar refractivity (Wildman–Crippen MR) is 115 cm³/mol. The van der Waals surface area contributed by atoms with Gasteiger partial charge in [-0.3, -0.25) is 19.8 Å². The van der Waals surface area contributed by atoms with Gasteiger partial charge in [-0.1, -0.05) is 17.7 Å². The molecule has 9 heteroatoms. The molecule has 0 aromatic heterocycles. The van der Waals surface area contributed by atoms with Crippen LogP contribution in [0.1, 0.15) is 5.56 Å². The van der Waals surface area contributed by atoms with Crippen molar-refractivity contribution in [2.75, 3.05) is 19.1 Å². The van der Waals surface area contributed by atoms with Crippen molar-refractivity contribution in [3.05, 3.63) is 57.0 Å². The lowest BCUT2D eigenvalue weighted by atomic mass is 10.1. The molecule has 0 unspecified atom stereocenters. The van der Waals surface area contributed by atoms with Crippen LogP contribution in [-0.2, 0) is 9.59 Å². The molecule has 1 saturated heterocycles. The number of benzene rings is 2. The van der Waals surface area contributed by atoms with Gasteiger partial charge < -0.3 is 9.47 Å². The molecule has 0 atom stereocenters. The summed E-state index contributed by atoms with van der Waals surface area (Å²) in [5, 5.41) is 2.96. The Morgan fingerprint density at radius 2 is 1.86 bits per heavy atom. The van der Waals surface area contributed by atoms with Gasteiger partial charge in [0.1, 0.15) is 17.1 Å². The number of amides is 2. The molecule has 2 amide bonds. The Morgan fingerprint density at radius 1 is 1.14 bits per heavy atom. The van der Waals surface area contributed by atoms with Crippen molar-refractivity contribution in [2.45, 2.75) is 0 Å². The van der Waals surface area contributed by atoms with Gasteiger partial charge in [-0.15, -0.1) is 0 Å². The predicted octanol–water partition coefficient (Wildman–Crippen LogP) is 3.95. The minimum Gasteiger partial charge on any atom is -0.496 e. The lowest BCUT2D eigenvalue weighted by molar-refractivity contribution is -0.122. The third-order valence-electron chi connectivity index (χ3n) is 3.97. The zero-order valence-electron chi connectivity index (χ0n) is 14.8. The maximum absolute atomic E-state index is 13.1. The molecule has 1 aliphatic heterocycles. The second kappa shape index (κ2) is 8.30. The number of carbonyl (C=O) groups excluding carboxylic acids is 2. The van der Waals surface area contributed by atoms with E-state index in [-0.39, 0.29) is 10.7 Å². The largest absolute Gasteiger partial charge is 0.496 e. The quantitative estimate of drug-likeness (QED) is 0.407. The first kappa shape index (κ1) is 20.3. The van der Waals surface area contributed by atoms with E-state index in [2.05, 4.69) is 21.2 Å². The Kier molecular flexibility index (Phi) is 6.02. The number of anilines is 1. The van der Waals surface area contributed by atoms with Gasteiger partial charge in [0, 0.05) is 16.7 Å². The van der Waals surface area contributed by atoms with Crippen molar-refractivity contribution in [1.82, 2.24) is 5.32 Å². The van der Waals surface area contributed by atoms with Crippen LogP contribution in [0, 0.1) is 0 Å². The average molecular weight is 482 g/mol. The first-order chi connectivity index (χ1) is 13.3. The number of halogens is 2. The van der Waals surface area contributed by atoms with E-state index < -0.39 is 11.8 Å². The van der Waals surface area contributed by atoms with Crippen LogP contribution in [-0.4, -0.2) is 31.1 Å². The van der Waals surface area contributed by atoms with Crippen molar-refractivity contribution in [3.8, 4) is 11.5 Å². The summed E-state index contributed by atoms with van der Waals surface area (Å²) in [4.78, 5) is 26.7. The summed E-state index contributed by atoms with van der Waals surface area (Å²) < 4.78 is 11.2. The molecule has 1 heterocycles. The maximum atomic E-state index is 13.1. The summed E-state index contributed by atoms with van der Waals surface area (Å²) in [6.45, 7) is 0. The topological polar surface area (TPSA) is 67.9 Å². The maximum Gasteiger partial charge on any atom is 0.270 e. The van der Waals surface area contributed by atoms with E-state index in [9.17, 15) is 9.59 Å².